The van der Waals surface area contributed by atoms with Gasteiger partial charge in [-0.15, -0.1) is 0 Å². The molecule has 0 unspecified atom stereocenters. The minimum absolute atomic E-state index is 0.0400. The van der Waals surface area contributed by atoms with Gasteiger partial charge in [-0.05, 0) is 39.0 Å². The Balaban J connectivity index is 1.86. The minimum atomic E-state index is -0.291. The maximum atomic E-state index is 12.5. The Bertz CT molecular complexity index is 683. The second-order valence-electron chi connectivity index (χ2n) is 6.72. The molecule has 1 aromatic carbocycles. The van der Waals surface area contributed by atoms with Crippen LogP contribution >= 0.6 is 0 Å². The fourth-order valence-electron chi connectivity index (χ4n) is 3.25. The summed E-state index contributed by atoms with van der Waals surface area (Å²) < 4.78 is 5.01. The normalized spacial score (nSPS) is 14.5. The Hall–Kier alpha value is -2.61. The highest BCUT2D eigenvalue weighted by atomic mass is 16.6. The third kappa shape index (κ3) is 5.95. The Labute approximate surface area is 166 Å². The summed E-state index contributed by atoms with van der Waals surface area (Å²) >= 11 is 0. The van der Waals surface area contributed by atoms with Gasteiger partial charge in [0, 0.05) is 24.3 Å². The van der Waals surface area contributed by atoms with Crippen molar-refractivity contribution >= 4 is 23.6 Å². The van der Waals surface area contributed by atoms with Crippen LogP contribution in [0.5, 0.6) is 0 Å². The molecule has 3 amide bonds. The summed E-state index contributed by atoms with van der Waals surface area (Å²) in [6.45, 7) is 10.2. The molecule has 2 rings (SSSR count). The average molecular weight is 391 g/mol. The first-order valence-corrected chi connectivity index (χ1v) is 9.92. The van der Waals surface area contributed by atoms with Crippen molar-refractivity contribution in [2.75, 3.05) is 57.7 Å². The summed E-state index contributed by atoms with van der Waals surface area (Å²) in [6, 6.07) is 7.03. The number of ether oxygens (including phenoxy) is 1. The molecular weight excluding hydrogens is 360 g/mol. The van der Waals surface area contributed by atoms with E-state index in [2.05, 4.69) is 5.32 Å². The van der Waals surface area contributed by atoms with Crippen LogP contribution < -0.4 is 10.2 Å². The molecular formula is C20H31N4O4+. The number of nitrogens with one attached hydrogen (secondary N) is 2. The highest BCUT2D eigenvalue weighted by Crippen LogP contribution is 2.12. The van der Waals surface area contributed by atoms with Gasteiger partial charge in [0.2, 0.25) is 0 Å². The van der Waals surface area contributed by atoms with Gasteiger partial charge in [-0.2, -0.15) is 0 Å². The van der Waals surface area contributed by atoms with Gasteiger partial charge >= 0.3 is 6.09 Å². The number of carbonyl (C=O) groups excluding carboxylic acids is 3. The van der Waals surface area contributed by atoms with E-state index in [1.54, 1.807) is 41.0 Å². The third-order valence-electron chi connectivity index (χ3n) is 4.85. The number of piperazine rings is 1. The van der Waals surface area contributed by atoms with Gasteiger partial charge in [0.1, 0.15) is 0 Å². The predicted octanol–water partition coefficient (Wildman–Crippen LogP) is 0.464. The van der Waals surface area contributed by atoms with Crippen molar-refractivity contribution in [1.29, 1.82) is 0 Å². The molecule has 1 heterocycles. The van der Waals surface area contributed by atoms with E-state index in [0.717, 1.165) is 4.90 Å². The van der Waals surface area contributed by atoms with Gasteiger partial charge in [0.05, 0.1) is 32.8 Å². The maximum Gasteiger partial charge on any atom is 0.410 e. The lowest BCUT2D eigenvalue weighted by atomic mass is 10.1. The SMILES string of the molecule is CCOC(=O)N1CC[NH+](CC(=O)Nc2cccc(C(=O)N(CC)CC)c2)CC1. The summed E-state index contributed by atoms with van der Waals surface area (Å²) in [7, 11) is 0. The summed E-state index contributed by atoms with van der Waals surface area (Å²) in [4.78, 5) is 41.1. The molecule has 2 N–H and O–H groups in total. The highest BCUT2D eigenvalue weighted by molar-refractivity contribution is 5.97. The summed E-state index contributed by atoms with van der Waals surface area (Å²) in [6.07, 6.45) is -0.291. The number of nitrogens with zero attached hydrogens (tertiary/aromatic N) is 2. The third-order valence-corrected chi connectivity index (χ3v) is 4.85. The number of hydrogen-bond donors (Lipinski definition) is 2. The van der Waals surface area contributed by atoms with Crippen molar-refractivity contribution in [3.05, 3.63) is 29.8 Å². The van der Waals surface area contributed by atoms with E-state index < -0.39 is 0 Å². The highest BCUT2D eigenvalue weighted by Gasteiger charge is 2.26. The van der Waals surface area contributed by atoms with Crippen LogP contribution in [-0.2, 0) is 9.53 Å². The second kappa shape index (κ2) is 10.7. The van der Waals surface area contributed by atoms with Gasteiger partial charge in [-0.25, -0.2) is 4.79 Å². The van der Waals surface area contributed by atoms with Crippen LogP contribution in [0.25, 0.3) is 0 Å². The van der Waals surface area contributed by atoms with E-state index in [1.807, 2.05) is 13.8 Å². The zero-order valence-electron chi connectivity index (χ0n) is 17.0. The van der Waals surface area contributed by atoms with Crippen molar-refractivity contribution in [2.24, 2.45) is 0 Å². The van der Waals surface area contributed by atoms with E-state index in [-0.39, 0.29) is 17.9 Å². The molecule has 1 fully saturated rings. The smallest absolute Gasteiger partial charge is 0.410 e. The molecule has 1 aliphatic heterocycles. The lowest BCUT2D eigenvalue weighted by molar-refractivity contribution is -0.895. The number of amides is 3. The van der Waals surface area contributed by atoms with Gasteiger partial charge in [0.15, 0.2) is 6.54 Å². The van der Waals surface area contributed by atoms with Crippen molar-refractivity contribution in [1.82, 2.24) is 9.80 Å². The largest absolute Gasteiger partial charge is 0.450 e. The lowest BCUT2D eigenvalue weighted by Crippen LogP contribution is -3.15. The van der Waals surface area contributed by atoms with Crippen molar-refractivity contribution in [3.8, 4) is 0 Å². The van der Waals surface area contributed by atoms with Crippen LogP contribution in [0.15, 0.2) is 24.3 Å². The molecule has 28 heavy (non-hydrogen) atoms. The monoisotopic (exact) mass is 391 g/mol. The van der Waals surface area contributed by atoms with E-state index in [9.17, 15) is 14.4 Å². The number of carbonyl (C=O) groups is 3. The van der Waals surface area contributed by atoms with Gasteiger partial charge in [0.25, 0.3) is 11.8 Å². The van der Waals surface area contributed by atoms with Crippen LogP contribution in [0, 0.1) is 0 Å². The lowest BCUT2D eigenvalue weighted by Gasteiger charge is -2.31. The quantitative estimate of drug-likeness (QED) is 0.708. The zero-order valence-corrected chi connectivity index (χ0v) is 17.0. The molecule has 1 aromatic rings. The predicted molar refractivity (Wildman–Crippen MR) is 106 cm³/mol. The van der Waals surface area contributed by atoms with Crippen LogP contribution in [0.3, 0.4) is 0 Å². The summed E-state index contributed by atoms with van der Waals surface area (Å²) in [5.41, 5.74) is 1.18. The van der Waals surface area contributed by atoms with Crippen LogP contribution in [-0.4, -0.2) is 80.1 Å². The van der Waals surface area contributed by atoms with Gasteiger partial charge in [-0.3, -0.25) is 14.5 Å². The van der Waals surface area contributed by atoms with Crippen LogP contribution in [0.1, 0.15) is 31.1 Å². The molecule has 0 saturated carbocycles. The van der Waals surface area contributed by atoms with Crippen LogP contribution in [0.4, 0.5) is 10.5 Å². The Morgan fingerprint density at radius 2 is 1.82 bits per heavy atom. The van der Waals surface area contributed by atoms with E-state index in [4.69, 9.17) is 4.74 Å². The topological polar surface area (TPSA) is 83.4 Å². The zero-order chi connectivity index (χ0) is 20.5. The average Bonchev–Trinajstić information content (AvgIpc) is 2.69. The van der Waals surface area contributed by atoms with Crippen molar-refractivity contribution in [2.45, 2.75) is 20.8 Å². The van der Waals surface area contributed by atoms with Gasteiger partial charge < -0.3 is 19.9 Å². The van der Waals surface area contributed by atoms with Crippen molar-refractivity contribution < 1.29 is 24.0 Å². The van der Waals surface area contributed by atoms with Crippen molar-refractivity contribution in [3.63, 3.8) is 0 Å². The fourth-order valence-corrected chi connectivity index (χ4v) is 3.25. The molecule has 0 bridgehead atoms. The Kier molecular flexibility index (Phi) is 8.25. The molecule has 0 aliphatic carbocycles. The standard InChI is InChI=1S/C20H30N4O4/c1-4-23(5-2)19(26)16-8-7-9-17(14-16)21-18(25)15-22-10-12-24(13-11-22)20(27)28-6-3/h7-9,14H,4-6,10-13,15H2,1-3H3,(H,21,25)/p+1. The molecule has 0 atom stereocenters. The molecule has 0 spiro atoms. The molecule has 0 aromatic heterocycles. The molecule has 154 valence electrons. The van der Waals surface area contributed by atoms with E-state index in [1.165, 1.54) is 0 Å². The van der Waals surface area contributed by atoms with Gasteiger partial charge in [-0.1, -0.05) is 6.07 Å². The number of quaternary nitrogens is 1. The van der Waals surface area contributed by atoms with E-state index >= 15 is 0 Å². The first kappa shape index (κ1) is 21.7. The maximum absolute atomic E-state index is 12.5. The molecule has 1 aliphatic rings. The Morgan fingerprint density at radius 3 is 2.43 bits per heavy atom. The van der Waals surface area contributed by atoms with E-state index in [0.29, 0.717) is 63.7 Å². The summed E-state index contributed by atoms with van der Waals surface area (Å²) in [5.74, 6) is -0.145. The summed E-state index contributed by atoms with van der Waals surface area (Å²) in [5, 5.41) is 2.88. The second-order valence-corrected chi connectivity index (χ2v) is 6.72. The van der Waals surface area contributed by atoms with Crippen LogP contribution in [0.2, 0.25) is 0 Å². The molecule has 8 heteroatoms. The number of anilines is 1. The number of hydrogen-bond acceptors (Lipinski definition) is 4. The minimum Gasteiger partial charge on any atom is -0.450 e. The fraction of sp³-hybridized carbons (Fsp3) is 0.550. The number of rotatable bonds is 7. The first-order chi connectivity index (χ1) is 13.5. The Morgan fingerprint density at radius 1 is 1.14 bits per heavy atom. The number of benzene rings is 1. The molecule has 8 nitrogen and oxygen atoms in total. The first-order valence-electron chi connectivity index (χ1n) is 9.92. The molecule has 1 saturated heterocycles. The molecule has 0 radical (unpaired) electrons.